The molecule has 2 aromatic heterocycles. The van der Waals surface area contributed by atoms with Crippen LogP contribution in [-0.4, -0.2) is 39.0 Å². The fraction of sp³-hybridized carbons (Fsp3) is 0.240. The van der Waals surface area contributed by atoms with Crippen LogP contribution < -0.4 is 0 Å². The van der Waals surface area contributed by atoms with Crippen molar-refractivity contribution < 1.29 is 18.1 Å². The number of amides is 1. The molecule has 8 heteroatoms. The molecule has 0 radical (unpaired) electrons. The van der Waals surface area contributed by atoms with E-state index in [1.807, 2.05) is 4.90 Å². The topological polar surface area (TPSA) is 75.0 Å². The average molecular weight is 448 g/mol. The maximum atomic E-state index is 14.0. The van der Waals surface area contributed by atoms with Crippen molar-refractivity contribution in [2.45, 2.75) is 19.3 Å². The Hall–Kier alpha value is -3.81. The molecule has 168 valence electrons. The fourth-order valence-corrected chi connectivity index (χ4v) is 4.25. The highest BCUT2D eigenvalue weighted by Crippen LogP contribution is 2.26. The van der Waals surface area contributed by atoms with Crippen molar-refractivity contribution in [3.8, 4) is 22.5 Å². The quantitative estimate of drug-likeness (QED) is 0.461. The van der Waals surface area contributed by atoms with E-state index in [9.17, 15) is 13.6 Å². The second-order valence-corrected chi connectivity index (χ2v) is 8.26. The van der Waals surface area contributed by atoms with Gasteiger partial charge in [0.05, 0.1) is 5.56 Å². The normalized spacial score (nSPS) is 16.2. The van der Waals surface area contributed by atoms with Crippen LogP contribution in [-0.2, 0) is 6.42 Å². The van der Waals surface area contributed by atoms with E-state index in [-0.39, 0.29) is 23.5 Å². The summed E-state index contributed by atoms with van der Waals surface area (Å²) in [7, 11) is 0. The third kappa shape index (κ3) is 4.55. The Morgan fingerprint density at radius 3 is 2.76 bits per heavy atom. The van der Waals surface area contributed by atoms with E-state index in [4.69, 9.17) is 4.52 Å². The van der Waals surface area contributed by atoms with Gasteiger partial charge < -0.3 is 14.4 Å². The third-order valence-electron chi connectivity index (χ3n) is 5.94. The lowest BCUT2D eigenvalue weighted by Crippen LogP contribution is -2.40. The Morgan fingerprint density at radius 2 is 1.94 bits per heavy atom. The summed E-state index contributed by atoms with van der Waals surface area (Å²) in [6.45, 7) is 1.24. The summed E-state index contributed by atoms with van der Waals surface area (Å²) in [6, 6.07) is 14.3. The average Bonchev–Trinajstić information content (AvgIpc) is 3.50. The minimum absolute atomic E-state index is 0.0781. The van der Waals surface area contributed by atoms with Crippen LogP contribution in [0.2, 0.25) is 0 Å². The van der Waals surface area contributed by atoms with Gasteiger partial charge in [-0.2, -0.15) is 4.98 Å². The zero-order valence-corrected chi connectivity index (χ0v) is 17.8. The van der Waals surface area contributed by atoms with Gasteiger partial charge in [0.15, 0.2) is 0 Å². The van der Waals surface area contributed by atoms with Gasteiger partial charge >= 0.3 is 0 Å². The molecule has 0 spiro atoms. The first-order valence-electron chi connectivity index (χ1n) is 10.9. The number of nitrogens with one attached hydrogen (secondary N) is 1. The van der Waals surface area contributed by atoms with E-state index < -0.39 is 5.82 Å². The van der Waals surface area contributed by atoms with Gasteiger partial charge in [-0.05, 0) is 60.2 Å². The van der Waals surface area contributed by atoms with Gasteiger partial charge in [-0.15, -0.1) is 0 Å². The SMILES string of the molecule is O=C(c1cc(-c2ccc(F)cc2)c[nH]1)N1CCC[C@H](Cc2nc(-c3ccccc3F)no2)C1. The van der Waals surface area contributed by atoms with E-state index in [0.717, 1.165) is 24.0 Å². The first-order valence-corrected chi connectivity index (χ1v) is 10.9. The lowest BCUT2D eigenvalue weighted by Gasteiger charge is -2.31. The molecule has 3 heterocycles. The standard InChI is InChI=1S/C25H22F2N4O2/c26-19-9-7-17(8-10-19)18-13-22(28-14-18)25(32)31-11-3-4-16(15-31)12-23-29-24(30-33-23)20-5-1-2-6-21(20)27/h1-2,5-10,13-14,16,28H,3-4,11-12,15H2/t16-/m1/s1. The number of hydrogen-bond donors (Lipinski definition) is 1. The molecule has 1 amide bonds. The molecule has 0 unspecified atom stereocenters. The molecule has 0 bridgehead atoms. The van der Waals surface area contributed by atoms with Crippen molar-refractivity contribution in [3.63, 3.8) is 0 Å². The molecule has 1 atom stereocenters. The number of benzene rings is 2. The van der Waals surface area contributed by atoms with E-state index in [2.05, 4.69) is 15.1 Å². The number of nitrogens with zero attached hydrogens (tertiary/aromatic N) is 3. The molecule has 5 rings (SSSR count). The summed E-state index contributed by atoms with van der Waals surface area (Å²) >= 11 is 0. The number of rotatable bonds is 5. The molecule has 1 N–H and O–H groups in total. The molecule has 0 aliphatic carbocycles. The Kier molecular flexibility index (Phi) is 5.73. The van der Waals surface area contributed by atoms with Crippen LogP contribution in [0.3, 0.4) is 0 Å². The molecule has 1 aliphatic rings. The number of H-pyrrole nitrogens is 1. The first kappa shape index (κ1) is 21.1. The number of halogens is 2. The number of hydrogen-bond acceptors (Lipinski definition) is 4. The lowest BCUT2D eigenvalue weighted by molar-refractivity contribution is 0.0663. The summed E-state index contributed by atoms with van der Waals surface area (Å²) < 4.78 is 32.5. The second kappa shape index (κ2) is 8.97. The summed E-state index contributed by atoms with van der Waals surface area (Å²) in [5, 5.41) is 3.92. The van der Waals surface area contributed by atoms with Crippen LogP contribution in [0.15, 0.2) is 65.3 Å². The van der Waals surface area contributed by atoms with Crippen LogP contribution >= 0.6 is 0 Å². The van der Waals surface area contributed by atoms with E-state index in [0.29, 0.717) is 36.7 Å². The third-order valence-corrected chi connectivity index (χ3v) is 5.94. The molecule has 1 aliphatic heterocycles. The Morgan fingerprint density at radius 1 is 1.12 bits per heavy atom. The number of carbonyl (C=O) groups excluding carboxylic acids is 1. The predicted octanol–water partition coefficient (Wildman–Crippen LogP) is 5.10. The summed E-state index contributed by atoms with van der Waals surface area (Å²) in [5.74, 6) is 0.0591. The zero-order valence-electron chi connectivity index (χ0n) is 17.8. The lowest BCUT2D eigenvalue weighted by atomic mass is 9.94. The van der Waals surface area contributed by atoms with Crippen LogP contribution in [0.1, 0.15) is 29.2 Å². The van der Waals surface area contributed by atoms with E-state index >= 15 is 0 Å². The molecule has 6 nitrogen and oxygen atoms in total. The monoisotopic (exact) mass is 448 g/mol. The van der Waals surface area contributed by atoms with Gasteiger partial charge in [0.25, 0.3) is 5.91 Å². The van der Waals surface area contributed by atoms with Gasteiger partial charge in [0.2, 0.25) is 11.7 Å². The predicted molar refractivity (Wildman–Crippen MR) is 118 cm³/mol. The molecule has 2 aromatic carbocycles. The van der Waals surface area contributed by atoms with Crippen LogP contribution in [0.25, 0.3) is 22.5 Å². The molecular formula is C25H22F2N4O2. The molecule has 33 heavy (non-hydrogen) atoms. The number of piperidine rings is 1. The largest absolute Gasteiger partial charge is 0.357 e. The minimum atomic E-state index is -0.398. The number of likely N-dealkylation sites (tertiary alicyclic amines) is 1. The molecule has 1 fully saturated rings. The number of carbonyl (C=O) groups is 1. The van der Waals surface area contributed by atoms with Crippen molar-refractivity contribution in [1.82, 2.24) is 20.0 Å². The molecule has 1 saturated heterocycles. The number of aromatic amines is 1. The summed E-state index contributed by atoms with van der Waals surface area (Å²) in [6.07, 6.45) is 4.09. The molecule has 0 saturated carbocycles. The maximum absolute atomic E-state index is 14.0. The highest BCUT2D eigenvalue weighted by molar-refractivity contribution is 5.94. The van der Waals surface area contributed by atoms with Crippen LogP contribution in [0, 0.1) is 17.6 Å². The molecular weight excluding hydrogens is 426 g/mol. The van der Waals surface area contributed by atoms with Gasteiger partial charge in [0, 0.05) is 25.7 Å². The Balaban J connectivity index is 1.24. The van der Waals surface area contributed by atoms with Gasteiger partial charge in [-0.1, -0.05) is 29.4 Å². The van der Waals surface area contributed by atoms with E-state index in [1.165, 1.54) is 18.2 Å². The zero-order chi connectivity index (χ0) is 22.8. The van der Waals surface area contributed by atoms with Crippen molar-refractivity contribution in [3.05, 3.63) is 84.0 Å². The Labute approximate surface area is 189 Å². The maximum Gasteiger partial charge on any atom is 0.270 e. The van der Waals surface area contributed by atoms with Crippen LogP contribution in [0.4, 0.5) is 8.78 Å². The van der Waals surface area contributed by atoms with Crippen molar-refractivity contribution in [2.75, 3.05) is 13.1 Å². The molecule has 4 aromatic rings. The fourth-order valence-electron chi connectivity index (χ4n) is 4.25. The van der Waals surface area contributed by atoms with E-state index in [1.54, 1.807) is 42.6 Å². The first-order chi connectivity index (χ1) is 16.1. The Bertz CT molecular complexity index is 1270. The minimum Gasteiger partial charge on any atom is -0.357 e. The van der Waals surface area contributed by atoms with Gasteiger partial charge in [0.1, 0.15) is 17.3 Å². The van der Waals surface area contributed by atoms with Crippen molar-refractivity contribution in [2.24, 2.45) is 5.92 Å². The summed E-state index contributed by atoms with van der Waals surface area (Å²) in [5.41, 5.74) is 2.47. The highest BCUT2D eigenvalue weighted by atomic mass is 19.1. The smallest absolute Gasteiger partial charge is 0.270 e. The van der Waals surface area contributed by atoms with Gasteiger partial charge in [-0.25, -0.2) is 8.78 Å². The van der Waals surface area contributed by atoms with Crippen LogP contribution in [0.5, 0.6) is 0 Å². The summed E-state index contributed by atoms with van der Waals surface area (Å²) in [4.78, 5) is 22.3. The second-order valence-electron chi connectivity index (χ2n) is 8.26. The van der Waals surface area contributed by atoms with Crippen molar-refractivity contribution >= 4 is 5.91 Å². The van der Waals surface area contributed by atoms with Gasteiger partial charge in [-0.3, -0.25) is 4.79 Å². The van der Waals surface area contributed by atoms with Crippen molar-refractivity contribution in [1.29, 1.82) is 0 Å². The highest BCUT2D eigenvalue weighted by Gasteiger charge is 2.27. The number of aromatic nitrogens is 3.